The maximum Gasteiger partial charge on any atom is 0.303 e. The lowest BCUT2D eigenvalue weighted by molar-refractivity contribution is -0.137. The zero-order valence-electron chi connectivity index (χ0n) is 28.0. The molecule has 5 heteroatoms. The Morgan fingerprint density at radius 3 is 0.951 bits per heavy atom. The van der Waals surface area contributed by atoms with Gasteiger partial charge in [0.1, 0.15) is 0 Å². The van der Waals surface area contributed by atoms with Crippen LogP contribution in [0.5, 0.6) is 0 Å². The van der Waals surface area contributed by atoms with E-state index in [1.165, 1.54) is 161 Å². The normalized spacial score (nSPS) is 11.1. The number of unbranched alkanes of at least 4 members (excludes halogenated alkanes) is 25. The van der Waals surface area contributed by atoms with Gasteiger partial charge in [-0.05, 0) is 19.4 Å². The molecular weight excluding hydrogens is 510 g/mol. The second-order valence-corrected chi connectivity index (χ2v) is 12.3. The topological polar surface area (TPSA) is 81.0 Å². The fourth-order valence-corrected chi connectivity index (χ4v) is 5.44. The first-order chi connectivity index (χ1) is 20.1. The number of rotatable bonds is 33. The quantitative estimate of drug-likeness (QED) is 0.0668. The van der Waals surface area contributed by atoms with Crippen LogP contribution in [0.25, 0.3) is 0 Å². The molecule has 0 aliphatic heterocycles. The van der Waals surface area contributed by atoms with Gasteiger partial charge in [-0.15, -0.1) is 0 Å². The number of hydrogen-bond acceptors (Lipinski definition) is 4. The zero-order valence-corrected chi connectivity index (χ0v) is 28.0. The Bertz CT molecular complexity index is 468. The fraction of sp³-hybridized carbons (Fsp3) is 0.972. The van der Waals surface area contributed by atoms with E-state index >= 15 is 0 Å². The molecule has 0 atom stereocenters. The van der Waals surface area contributed by atoms with Crippen LogP contribution in [-0.4, -0.2) is 59.0 Å². The van der Waals surface area contributed by atoms with E-state index in [1.54, 1.807) is 0 Å². The number of carbonyl (C=O) groups is 1. The van der Waals surface area contributed by atoms with Crippen LogP contribution in [0.4, 0.5) is 0 Å². The Kier molecular flexibility index (Phi) is 40.8. The molecule has 0 unspecified atom stereocenters. The van der Waals surface area contributed by atoms with E-state index in [0.29, 0.717) is 19.5 Å². The average Bonchev–Trinajstić information content (AvgIpc) is 2.96. The van der Waals surface area contributed by atoms with Crippen molar-refractivity contribution in [3.05, 3.63) is 0 Å². The van der Waals surface area contributed by atoms with Crippen molar-refractivity contribution in [3.63, 3.8) is 0 Å². The zero-order chi connectivity index (χ0) is 30.5. The van der Waals surface area contributed by atoms with Crippen molar-refractivity contribution in [1.29, 1.82) is 0 Å². The van der Waals surface area contributed by atoms with Crippen LogP contribution in [-0.2, 0) is 4.79 Å². The Labute approximate surface area is 257 Å². The molecule has 0 aliphatic rings. The smallest absolute Gasteiger partial charge is 0.303 e. The first-order valence-electron chi connectivity index (χ1n) is 18.3. The minimum Gasteiger partial charge on any atom is -0.481 e. The summed E-state index contributed by atoms with van der Waals surface area (Å²) in [6.45, 7) is 7.32. The Hall–Kier alpha value is -0.650. The van der Waals surface area contributed by atoms with E-state index in [4.69, 9.17) is 15.3 Å². The summed E-state index contributed by atoms with van der Waals surface area (Å²) < 4.78 is 0. The summed E-state index contributed by atoms with van der Waals surface area (Å²) in [5.41, 5.74) is 0. The van der Waals surface area contributed by atoms with Crippen LogP contribution in [0, 0.1) is 0 Å². The third kappa shape index (κ3) is 41.5. The summed E-state index contributed by atoms with van der Waals surface area (Å²) >= 11 is 0. The summed E-state index contributed by atoms with van der Waals surface area (Å²) in [5, 5.41) is 26.4. The molecule has 0 saturated heterocycles. The second kappa shape index (κ2) is 39.4. The highest BCUT2D eigenvalue weighted by Gasteiger charge is 2.02. The lowest BCUT2D eigenvalue weighted by Crippen LogP contribution is -2.30. The largest absolute Gasteiger partial charge is 0.481 e. The SMILES string of the molecule is CCCCCCCCCCCCCCC(=O)O.CCCCCCCCCCCCCCCCCN(CCO)CCO. The minimum absolute atomic E-state index is 0.193. The molecule has 0 rings (SSSR count). The maximum atomic E-state index is 10.3. The number of aliphatic hydroxyl groups excluding tert-OH is 2. The van der Waals surface area contributed by atoms with Crippen molar-refractivity contribution in [1.82, 2.24) is 4.90 Å². The second-order valence-electron chi connectivity index (χ2n) is 12.3. The molecule has 5 nitrogen and oxygen atoms in total. The number of carboxylic acids is 1. The Morgan fingerprint density at radius 1 is 0.415 bits per heavy atom. The van der Waals surface area contributed by atoms with Crippen molar-refractivity contribution in [2.45, 2.75) is 194 Å². The number of carboxylic acid groups (broad SMARTS) is 1. The van der Waals surface area contributed by atoms with Gasteiger partial charge in [-0.2, -0.15) is 0 Å². The van der Waals surface area contributed by atoms with E-state index in [9.17, 15) is 4.79 Å². The third-order valence-corrected chi connectivity index (χ3v) is 8.15. The lowest BCUT2D eigenvalue weighted by Gasteiger charge is -2.19. The van der Waals surface area contributed by atoms with Crippen molar-refractivity contribution in [2.24, 2.45) is 0 Å². The minimum atomic E-state index is -0.655. The van der Waals surface area contributed by atoms with Crippen molar-refractivity contribution in [2.75, 3.05) is 32.8 Å². The van der Waals surface area contributed by atoms with Crippen molar-refractivity contribution in [3.8, 4) is 0 Å². The van der Waals surface area contributed by atoms with Gasteiger partial charge in [-0.3, -0.25) is 9.69 Å². The lowest BCUT2D eigenvalue weighted by atomic mass is 10.0. The Morgan fingerprint density at radius 2 is 0.683 bits per heavy atom. The average molecular weight is 586 g/mol. The van der Waals surface area contributed by atoms with Crippen LogP contribution in [0.2, 0.25) is 0 Å². The first-order valence-corrected chi connectivity index (χ1v) is 18.3. The van der Waals surface area contributed by atoms with E-state index in [2.05, 4.69) is 18.7 Å². The number of aliphatic hydroxyl groups is 2. The summed E-state index contributed by atoms with van der Waals surface area (Å²) in [6.07, 6.45) is 36.7. The summed E-state index contributed by atoms with van der Waals surface area (Å²) in [4.78, 5) is 12.4. The molecule has 0 aromatic heterocycles. The van der Waals surface area contributed by atoms with Gasteiger partial charge >= 0.3 is 5.97 Å². The predicted molar refractivity (Wildman–Crippen MR) is 179 cm³/mol. The van der Waals surface area contributed by atoms with Crippen molar-refractivity contribution < 1.29 is 20.1 Å². The van der Waals surface area contributed by atoms with Gasteiger partial charge in [-0.1, -0.05) is 174 Å². The number of aliphatic carboxylic acids is 1. The number of nitrogens with zero attached hydrogens (tertiary/aromatic N) is 1. The van der Waals surface area contributed by atoms with Crippen LogP contribution in [0.15, 0.2) is 0 Å². The summed E-state index contributed by atoms with van der Waals surface area (Å²) in [7, 11) is 0. The molecule has 0 spiro atoms. The molecule has 0 aromatic carbocycles. The standard InChI is InChI=1S/C21H45NO2.C15H30O2/c1-2-3-4-5-6-7-8-9-10-11-12-13-14-15-16-17-22(18-20-23)19-21-24;1-2-3-4-5-6-7-8-9-10-11-12-13-14-15(16)17/h23-24H,2-21H2,1H3;2-14H2,1H3,(H,16,17). The predicted octanol–water partition coefficient (Wildman–Crippen LogP) is 10.3. The van der Waals surface area contributed by atoms with Gasteiger partial charge in [-0.25, -0.2) is 0 Å². The highest BCUT2D eigenvalue weighted by atomic mass is 16.4. The van der Waals surface area contributed by atoms with Gasteiger partial charge in [0, 0.05) is 19.5 Å². The van der Waals surface area contributed by atoms with E-state index in [-0.39, 0.29) is 13.2 Å². The summed E-state index contributed by atoms with van der Waals surface area (Å²) in [5.74, 6) is -0.655. The van der Waals surface area contributed by atoms with Crippen LogP contribution >= 0.6 is 0 Å². The molecule has 0 radical (unpaired) electrons. The van der Waals surface area contributed by atoms with Crippen molar-refractivity contribution >= 4 is 5.97 Å². The third-order valence-electron chi connectivity index (χ3n) is 8.15. The molecule has 0 amide bonds. The van der Waals surface area contributed by atoms with Gasteiger partial charge in [0.15, 0.2) is 0 Å². The van der Waals surface area contributed by atoms with Crippen LogP contribution in [0.1, 0.15) is 194 Å². The van der Waals surface area contributed by atoms with E-state index < -0.39 is 5.97 Å². The van der Waals surface area contributed by atoms with E-state index in [0.717, 1.165) is 19.4 Å². The van der Waals surface area contributed by atoms with Gasteiger partial charge in [0.2, 0.25) is 0 Å². The highest BCUT2D eigenvalue weighted by Crippen LogP contribution is 2.14. The van der Waals surface area contributed by atoms with Gasteiger partial charge < -0.3 is 15.3 Å². The van der Waals surface area contributed by atoms with Crippen LogP contribution < -0.4 is 0 Å². The Balaban J connectivity index is 0. The first kappa shape index (κ1) is 42.5. The molecule has 0 saturated carbocycles. The molecule has 41 heavy (non-hydrogen) atoms. The molecule has 0 aromatic rings. The highest BCUT2D eigenvalue weighted by molar-refractivity contribution is 5.66. The molecule has 0 heterocycles. The molecular formula is C36H75NO4. The van der Waals surface area contributed by atoms with E-state index in [1.807, 2.05) is 0 Å². The van der Waals surface area contributed by atoms with Gasteiger partial charge in [0.05, 0.1) is 13.2 Å². The molecule has 0 aliphatic carbocycles. The van der Waals surface area contributed by atoms with Crippen LogP contribution in [0.3, 0.4) is 0 Å². The number of hydrogen-bond donors (Lipinski definition) is 3. The van der Waals surface area contributed by atoms with Gasteiger partial charge in [0.25, 0.3) is 0 Å². The maximum absolute atomic E-state index is 10.3. The fourth-order valence-electron chi connectivity index (χ4n) is 5.44. The molecule has 0 bridgehead atoms. The molecule has 3 N–H and O–H groups in total. The molecule has 248 valence electrons. The molecule has 0 fully saturated rings. The summed E-state index contributed by atoms with van der Waals surface area (Å²) in [6, 6.07) is 0. The monoisotopic (exact) mass is 586 g/mol.